The Hall–Kier alpha value is -3.00. The van der Waals surface area contributed by atoms with E-state index in [1.807, 2.05) is 30.5 Å². The van der Waals surface area contributed by atoms with Gasteiger partial charge in [-0.2, -0.15) is 0 Å². The number of amides is 2. The standard InChI is InChI=1S/C19H22N4O3S/c1-27(25,26)23-16-6-4-5-14(11-16)12-22-19(24)20-10-9-15-13-21-18-8-3-2-7-17(15)18/h2-8,11,13,21,23H,9-10,12H2,1H3,(H2,20,22,24). The number of aromatic amines is 1. The Bertz CT molecular complexity index is 1040. The quantitative estimate of drug-likeness (QED) is 0.502. The summed E-state index contributed by atoms with van der Waals surface area (Å²) in [5.74, 6) is 0. The number of hydrogen-bond donors (Lipinski definition) is 4. The number of benzene rings is 2. The highest BCUT2D eigenvalue weighted by Gasteiger charge is 2.06. The molecule has 1 aromatic heterocycles. The summed E-state index contributed by atoms with van der Waals surface area (Å²) in [6.45, 7) is 0.821. The van der Waals surface area contributed by atoms with Crippen molar-refractivity contribution in [2.75, 3.05) is 17.5 Å². The van der Waals surface area contributed by atoms with Crippen LogP contribution in [0.2, 0.25) is 0 Å². The van der Waals surface area contributed by atoms with Crippen LogP contribution in [0.25, 0.3) is 10.9 Å². The summed E-state index contributed by atoms with van der Waals surface area (Å²) in [6.07, 6.45) is 3.79. The Labute approximate surface area is 158 Å². The zero-order valence-corrected chi connectivity index (χ0v) is 15.8. The molecule has 3 rings (SSSR count). The van der Waals surface area contributed by atoms with E-state index in [4.69, 9.17) is 0 Å². The number of sulfonamides is 1. The molecular formula is C19H22N4O3S. The number of carbonyl (C=O) groups excluding carboxylic acids is 1. The average Bonchev–Trinajstić information content (AvgIpc) is 3.02. The molecule has 0 aliphatic heterocycles. The molecule has 0 atom stereocenters. The van der Waals surface area contributed by atoms with Gasteiger partial charge in [-0.1, -0.05) is 30.3 Å². The Kier molecular flexibility index (Phi) is 5.66. The molecule has 4 N–H and O–H groups in total. The molecule has 142 valence electrons. The maximum absolute atomic E-state index is 12.0. The highest BCUT2D eigenvalue weighted by atomic mass is 32.2. The summed E-state index contributed by atoms with van der Waals surface area (Å²) < 4.78 is 25.0. The zero-order valence-electron chi connectivity index (χ0n) is 15.0. The molecule has 0 radical (unpaired) electrons. The van der Waals surface area contributed by atoms with E-state index in [2.05, 4.69) is 26.4 Å². The van der Waals surface area contributed by atoms with Gasteiger partial charge in [-0.05, 0) is 35.7 Å². The fourth-order valence-corrected chi connectivity index (χ4v) is 3.41. The normalized spacial score (nSPS) is 11.3. The molecule has 0 aliphatic carbocycles. The lowest BCUT2D eigenvalue weighted by atomic mass is 10.1. The predicted octanol–water partition coefficient (Wildman–Crippen LogP) is 2.58. The fourth-order valence-electron chi connectivity index (χ4n) is 2.85. The van der Waals surface area contributed by atoms with Crippen LogP contribution in [0.15, 0.2) is 54.7 Å². The largest absolute Gasteiger partial charge is 0.361 e. The van der Waals surface area contributed by atoms with Gasteiger partial charge in [-0.25, -0.2) is 13.2 Å². The number of carbonyl (C=O) groups is 1. The molecule has 2 aromatic carbocycles. The first-order chi connectivity index (χ1) is 12.9. The Morgan fingerprint density at radius 3 is 2.70 bits per heavy atom. The van der Waals surface area contributed by atoms with E-state index < -0.39 is 10.0 Å². The lowest BCUT2D eigenvalue weighted by molar-refractivity contribution is 0.240. The van der Waals surface area contributed by atoms with E-state index in [1.165, 1.54) is 0 Å². The van der Waals surface area contributed by atoms with Crippen LogP contribution in [0.3, 0.4) is 0 Å². The minimum absolute atomic E-state index is 0.267. The van der Waals surface area contributed by atoms with E-state index in [9.17, 15) is 13.2 Å². The molecule has 0 saturated carbocycles. The number of para-hydroxylation sites is 1. The van der Waals surface area contributed by atoms with Crippen molar-refractivity contribution in [2.45, 2.75) is 13.0 Å². The molecule has 0 unspecified atom stereocenters. The number of rotatable bonds is 7. The molecule has 1 heterocycles. The predicted molar refractivity (Wildman–Crippen MR) is 107 cm³/mol. The maximum atomic E-state index is 12.0. The maximum Gasteiger partial charge on any atom is 0.315 e. The second kappa shape index (κ2) is 8.13. The van der Waals surface area contributed by atoms with Gasteiger partial charge in [-0.15, -0.1) is 0 Å². The summed E-state index contributed by atoms with van der Waals surface area (Å²) in [6, 6.07) is 14.7. The molecule has 0 spiro atoms. The van der Waals surface area contributed by atoms with Gasteiger partial charge >= 0.3 is 6.03 Å². The van der Waals surface area contributed by atoms with E-state index in [0.29, 0.717) is 18.8 Å². The SMILES string of the molecule is CS(=O)(=O)Nc1cccc(CNC(=O)NCCc2c[nH]c3ccccc23)c1. The van der Waals surface area contributed by atoms with Gasteiger partial charge in [0.2, 0.25) is 10.0 Å². The fraction of sp³-hybridized carbons (Fsp3) is 0.211. The first-order valence-electron chi connectivity index (χ1n) is 8.54. The van der Waals surface area contributed by atoms with Crippen LogP contribution in [0.4, 0.5) is 10.5 Å². The summed E-state index contributed by atoms with van der Waals surface area (Å²) >= 11 is 0. The number of fused-ring (bicyclic) bond motifs is 1. The molecule has 0 aliphatic rings. The summed E-state index contributed by atoms with van der Waals surface area (Å²) in [4.78, 5) is 15.2. The van der Waals surface area contributed by atoms with Crippen LogP contribution in [0.1, 0.15) is 11.1 Å². The average molecular weight is 386 g/mol. The van der Waals surface area contributed by atoms with Gasteiger partial charge in [-0.3, -0.25) is 4.72 Å². The van der Waals surface area contributed by atoms with Crippen LogP contribution in [0, 0.1) is 0 Å². The molecule has 27 heavy (non-hydrogen) atoms. The third-order valence-corrected chi connectivity index (χ3v) is 4.64. The molecule has 2 amide bonds. The van der Waals surface area contributed by atoms with E-state index >= 15 is 0 Å². The van der Waals surface area contributed by atoms with Gasteiger partial charge in [0.25, 0.3) is 0 Å². The number of hydrogen-bond acceptors (Lipinski definition) is 3. The first kappa shape index (κ1) is 18.8. The zero-order chi connectivity index (χ0) is 19.3. The lowest BCUT2D eigenvalue weighted by Crippen LogP contribution is -2.36. The molecule has 8 heteroatoms. The van der Waals surface area contributed by atoms with E-state index in [0.717, 1.165) is 34.7 Å². The highest BCUT2D eigenvalue weighted by molar-refractivity contribution is 7.92. The Morgan fingerprint density at radius 1 is 1.07 bits per heavy atom. The molecule has 3 aromatic rings. The van der Waals surface area contributed by atoms with Crippen molar-refractivity contribution in [3.05, 3.63) is 65.9 Å². The number of nitrogens with one attached hydrogen (secondary N) is 4. The molecular weight excluding hydrogens is 364 g/mol. The Balaban J connectivity index is 1.47. The molecule has 0 fully saturated rings. The first-order valence-corrected chi connectivity index (χ1v) is 10.4. The van der Waals surface area contributed by atoms with Crippen molar-refractivity contribution in [1.29, 1.82) is 0 Å². The van der Waals surface area contributed by atoms with Crippen molar-refractivity contribution < 1.29 is 13.2 Å². The van der Waals surface area contributed by atoms with Crippen LogP contribution >= 0.6 is 0 Å². The molecule has 0 saturated heterocycles. The highest BCUT2D eigenvalue weighted by Crippen LogP contribution is 2.17. The van der Waals surface area contributed by atoms with Crippen LogP contribution < -0.4 is 15.4 Å². The number of H-pyrrole nitrogens is 1. The van der Waals surface area contributed by atoms with E-state index in [1.54, 1.807) is 18.2 Å². The molecule has 0 bridgehead atoms. The van der Waals surface area contributed by atoms with Gasteiger partial charge in [0.05, 0.1) is 6.26 Å². The number of anilines is 1. The second-order valence-corrected chi connectivity index (χ2v) is 8.04. The minimum atomic E-state index is -3.33. The van der Waals surface area contributed by atoms with Gasteiger partial charge in [0.1, 0.15) is 0 Å². The van der Waals surface area contributed by atoms with Crippen LogP contribution in [-0.4, -0.2) is 32.2 Å². The summed E-state index contributed by atoms with van der Waals surface area (Å²) in [7, 11) is -3.33. The lowest BCUT2D eigenvalue weighted by Gasteiger charge is -2.09. The van der Waals surface area contributed by atoms with Crippen molar-refractivity contribution in [3.63, 3.8) is 0 Å². The topological polar surface area (TPSA) is 103 Å². The van der Waals surface area contributed by atoms with Crippen LogP contribution in [0.5, 0.6) is 0 Å². The van der Waals surface area contributed by atoms with Crippen molar-refractivity contribution in [1.82, 2.24) is 15.6 Å². The third kappa shape index (κ3) is 5.49. The third-order valence-electron chi connectivity index (χ3n) is 4.04. The number of urea groups is 1. The van der Waals surface area contributed by atoms with Crippen molar-refractivity contribution in [3.8, 4) is 0 Å². The smallest absolute Gasteiger partial charge is 0.315 e. The molecule has 7 nitrogen and oxygen atoms in total. The van der Waals surface area contributed by atoms with Gasteiger partial charge in [0, 0.05) is 35.9 Å². The summed E-state index contributed by atoms with van der Waals surface area (Å²) in [5, 5.41) is 6.77. The van der Waals surface area contributed by atoms with Gasteiger partial charge < -0.3 is 15.6 Å². The monoisotopic (exact) mass is 386 g/mol. The van der Waals surface area contributed by atoms with Crippen molar-refractivity contribution >= 4 is 32.6 Å². The van der Waals surface area contributed by atoms with Gasteiger partial charge in [0.15, 0.2) is 0 Å². The minimum Gasteiger partial charge on any atom is -0.361 e. The van der Waals surface area contributed by atoms with E-state index in [-0.39, 0.29) is 6.03 Å². The number of aromatic nitrogens is 1. The van der Waals surface area contributed by atoms with Crippen molar-refractivity contribution in [2.24, 2.45) is 0 Å². The second-order valence-electron chi connectivity index (χ2n) is 6.29. The summed E-state index contributed by atoms with van der Waals surface area (Å²) in [5.41, 5.74) is 3.51. The Morgan fingerprint density at radius 2 is 1.89 bits per heavy atom. The van der Waals surface area contributed by atoms with Crippen LogP contribution in [-0.2, 0) is 23.0 Å².